The van der Waals surface area contributed by atoms with Gasteiger partial charge in [-0.2, -0.15) is 5.10 Å². The minimum atomic E-state index is 0.234. The molecule has 4 heteroatoms. The molecular weight excluding hydrogens is 226 g/mol. The molecular formula is C14H27N3O. The molecule has 0 amide bonds. The minimum Gasteiger partial charge on any atom is -0.396 e. The van der Waals surface area contributed by atoms with Crippen molar-refractivity contribution in [2.75, 3.05) is 13.2 Å². The van der Waals surface area contributed by atoms with Crippen LogP contribution in [-0.2, 0) is 13.1 Å². The molecule has 0 spiro atoms. The molecule has 0 saturated heterocycles. The van der Waals surface area contributed by atoms with Gasteiger partial charge in [0.15, 0.2) is 0 Å². The van der Waals surface area contributed by atoms with Crippen molar-refractivity contribution in [2.45, 2.75) is 53.1 Å². The number of aryl methyl sites for hydroxylation is 1. The summed E-state index contributed by atoms with van der Waals surface area (Å²) in [6, 6.07) is 2.07. The first-order valence-corrected chi connectivity index (χ1v) is 6.91. The normalized spacial score (nSPS) is 12.0. The second kappa shape index (κ2) is 7.54. The Morgan fingerprint density at radius 1 is 1.44 bits per heavy atom. The third-order valence-corrected chi connectivity index (χ3v) is 3.16. The van der Waals surface area contributed by atoms with Crippen molar-refractivity contribution >= 4 is 0 Å². The zero-order valence-corrected chi connectivity index (χ0v) is 11.9. The maximum absolute atomic E-state index is 8.87. The Hall–Kier alpha value is -0.870. The third-order valence-electron chi connectivity index (χ3n) is 3.16. The van der Waals surface area contributed by atoms with Crippen LogP contribution in [0, 0.1) is 5.41 Å². The number of nitrogens with zero attached hydrogens (tertiary/aromatic N) is 2. The van der Waals surface area contributed by atoms with Gasteiger partial charge in [0, 0.05) is 32.4 Å². The zero-order chi connectivity index (χ0) is 13.4. The fourth-order valence-corrected chi connectivity index (χ4v) is 2.10. The molecule has 4 nitrogen and oxygen atoms in total. The summed E-state index contributed by atoms with van der Waals surface area (Å²) >= 11 is 0. The zero-order valence-electron chi connectivity index (χ0n) is 11.9. The van der Waals surface area contributed by atoms with Gasteiger partial charge < -0.3 is 10.4 Å². The number of rotatable bonds is 9. The quantitative estimate of drug-likeness (QED) is 0.709. The Labute approximate surface area is 110 Å². The van der Waals surface area contributed by atoms with Crippen molar-refractivity contribution in [1.29, 1.82) is 0 Å². The lowest BCUT2D eigenvalue weighted by atomic mass is 9.88. The van der Waals surface area contributed by atoms with E-state index in [1.54, 1.807) is 0 Å². The highest BCUT2D eigenvalue weighted by Crippen LogP contribution is 2.20. The van der Waals surface area contributed by atoms with Gasteiger partial charge in [-0.15, -0.1) is 0 Å². The van der Waals surface area contributed by atoms with E-state index in [1.165, 1.54) is 5.69 Å². The van der Waals surface area contributed by atoms with Crippen molar-refractivity contribution < 1.29 is 5.11 Å². The Morgan fingerprint density at radius 2 is 2.22 bits per heavy atom. The summed E-state index contributed by atoms with van der Waals surface area (Å²) in [5, 5.41) is 16.7. The van der Waals surface area contributed by atoms with E-state index < -0.39 is 0 Å². The van der Waals surface area contributed by atoms with Crippen LogP contribution in [0.5, 0.6) is 0 Å². The van der Waals surface area contributed by atoms with Crippen molar-refractivity contribution in [3.05, 3.63) is 18.0 Å². The Balaban J connectivity index is 2.34. The van der Waals surface area contributed by atoms with E-state index in [1.807, 2.05) is 6.20 Å². The van der Waals surface area contributed by atoms with Gasteiger partial charge in [0.2, 0.25) is 0 Å². The van der Waals surface area contributed by atoms with E-state index in [2.05, 4.69) is 41.9 Å². The van der Waals surface area contributed by atoms with Crippen LogP contribution in [0.4, 0.5) is 0 Å². The molecule has 18 heavy (non-hydrogen) atoms. The van der Waals surface area contributed by atoms with Crippen LogP contribution in [0.2, 0.25) is 0 Å². The average molecular weight is 253 g/mol. The standard InChI is InChI=1S/C14H27N3O/c1-4-9-17-13(6-8-16-17)11-15-12-14(2,3)7-5-10-18/h6,8,15,18H,4-5,7,9-12H2,1-3H3. The molecule has 0 aliphatic carbocycles. The fourth-order valence-electron chi connectivity index (χ4n) is 2.10. The molecule has 0 unspecified atom stereocenters. The fraction of sp³-hybridized carbons (Fsp3) is 0.786. The van der Waals surface area contributed by atoms with Gasteiger partial charge in [-0.1, -0.05) is 20.8 Å². The van der Waals surface area contributed by atoms with Gasteiger partial charge >= 0.3 is 0 Å². The highest BCUT2D eigenvalue weighted by atomic mass is 16.2. The molecule has 0 radical (unpaired) electrons. The van der Waals surface area contributed by atoms with E-state index in [-0.39, 0.29) is 12.0 Å². The third kappa shape index (κ3) is 5.19. The summed E-state index contributed by atoms with van der Waals surface area (Å²) < 4.78 is 2.06. The molecule has 0 aliphatic rings. The number of aliphatic hydroxyl groups excluding tert-OH is 1. The average Bonchev–Trinajstić information content (AvgIpc) is 2.75. The highest BCUT2D eigenvalue weighted by Gasteiger charge is 2.16. The van der Waals surface area contributed by atoms with E-state index in [0.717, 1.165) is 38.9 Å². The van der Waals surface area contributed by atoms with E-state index in [0.29, 0.717) is 0 Å². The monoisotopic (exact) mass is 253 g/mol. The van der Waals surface area contributed by atoms with Gasteiger partial charge in [0.05, 0.1) is 5.69 Å². The second-order valence-corrected chi connectivity index (χ2v) is 5.64. The van der Waals surface area contributed by atoms with Crippen LogP contribution in [0.15, 0.2) is 12.3 Å². The first-order chi connectivity index (χ1) is 8.59. The number of hydrogen-bond donors (Lipinski definition) is 2. The molecule has 1 heterocycles. The van der Waals surface area contributed by atoms with Crippen LogP contribution in [0.3, 0.4) is 0 Å². The molecule has 1 aromatic rings. The summed E-state index contributed by atoms with van der Waals surface area (Å²) in [4.78, 5) is 0. The molecule has 0 fully saturated rings. The van der Waals surface area contributed by atoms with Crippen molar-refractivity contribution in [1.82, 2.24) is 15.1 Å². The lowest BCUT2D eigenvalue weighted by Gasteiger charge is -2.24. The number of aromatic nitrogens is 2. The molecule has 0 aliphatic heterocycles. The van der Waals surface area contributed by atoms with E-state index in [4.69, 9.17) is 5.11 Å². The molecule has 0 atom stereocenters. The first-order valence-electron chi connectivity index (χ1n) is 6.91. The summed E-state index contributed by atoms with van der Waals surface area (Å²) in [5.41, 5.74) is 1.48. The Bertz CT molecular complexity index is 334. The highest BCUT2D eigenvalue weighted by molar-refractivity contribution is 5.00. The predicted octanol–water partition coefficient (Wildman–Crippen LogP) is 2.18. The molecule has 0 aromatic carbocycles. The summed E-state index contributed by atoms with van der Waals surface area (Å²) in [6.45, 7) is 9.73. The SMILES string of the molecule is CCCn1nccc1CNCC(C)(C)CCCO. The lowest BCUT2D eigenvalue weighted by molar-refractivity contribution is 0.236. The first kappa shape index (κ1) is 15.2. The maximum atomic E-state index is 8.87. The van der Waals surface area contributed by atoms with Crippen molar-refractivity contribution in [3.63, 3.8) is 0 Å². The van der Waals surface area contributed by atoms with Crippen LogP contribution >= 0.6 is 0 Å². The lowest BCUT2D eigenvalue weighted by Crippen LogP contribution is -2.30. The van der Waals surface area contributed by atoms with Crippen LogP contribution in [0.1, 0.15) is 45.7 Å². The second-order valence-electron chi connectivity index (χ2n) is 5.64. The van der Waals surface area contributed by atoms with Gasteiger partial charge in [-0.3, -0.25) is 4.68 Å². The Kier molecular flexibility index (Phi) is 6.36. The van der Waals surface area contributed by atoms with Crippen LogP contribution in [-0.4, -0.2) is 28.0 Å². The van der Waals surface area contributed by atoms with Gasteiger partial charge in [0.1, 0.15) is 0 Å². The van der Waals surface area contributed by atoms with Crippen LogP contribution in [0.25, 0.3) is 0 Å². The predicted molar refractivity (Wildman–Crippen MR) is 74.3 cm³/mol. The molecule has 1 aromatic heterocycles. The number of hydrogen-bond acceptors (Lipinski definition) is 3. The summed E-state index contributed by atoms with van der Waals surface area (Å²) in [5.74, 6) is 0. The van der Waals surface area contributed by atoms with Gasteiger partial charge in [-0.25, -0.2) is 0 Å². The number of nitrogens with one attached hydrogen (secondary N) is 1. The topological polar surface area (TPSA) is 50.1 Å². The molecule has 104 valence electrons. The minimum absolute atomic E-state index is 0.234. The number of aliphatic hydroxyl groups is 1. The molecule has 1 rings (SSSR count). The van der Waals surface area contributed by atoms with Crippen molar-refractivity contribution in [2.24, 2.45) is 5.41 Å². The maximum Gasteiger partial charge on any atom is 0.0522 e. The van der Waals surface area contributed by atoms with E-state index >= 15 is 0 Å². The smallest absolute Gasteiger partial charge is 0.0522 e. The van der Waals surface area contributed by atoms with Crippen LogP contribution < -0.4 is 5.32 Å². The summed E-state index contributed by atoms with van der Waals surface area (Å²) in [7, 11) is 0. The Morgan fingerprint density at radius 3 is 2.89 bits per heavy atom. The molecule has 0 bridgehead atoms. The molecule has 0 saturated carbocycles. The van der Waals surface area contributed by atoms with Gasteiger partial charge in [0.25, 0.3) is 0 Å². The summed E-state index contributed by atoms with van der Waals surface area (Å²) in [6.07, 6.45) is 4.90. The molecule has 2 N–H and O–H groups in total. The largest absolute Gasteiger partial charge is 0.396 e. The van der Waals surface area contributed by atoms with E-state index in [9.17, 15) is 0 Å². The van der Waals surface area contributed by atoms with Crippen molar-refractivity contribution in [3.8, 4) is 0 Å². The van der Waals surface area contributed by atoms with Gasteiger partial charge in [-0.05, 0) is 30.7 Å².